The molecule has 0 bridgehead atoms. The van der Waals surface area contributed by atoms with Crippen LogP contribution in [0.1, 0.15) is 104 Å². The molecule has 2 heteroatoms. The second kappa shape index (κ2) is 17.1. The molecule has 0 saturated heterocycles. The van der Waals surface area contributed by atoms with E-state index < -0.39 is 0 Å². The molecule has 120 valence electrons. The van der Waals surface area contributed by atoms with Crippen LogP contribution in [0.3, 0.4) is 0 Å². The average molecular weight is 301 g/mol. The summed E-state index contributed by atoms with van der Waals surface area (Å²) in [5, 5.41) is 0.423. The molecule has 0 unspecified atom stereocenters. The van der Waals surface area contributed by atoms with Crippen molar-refractivity contribution in [3.63, 3.8) is 0 Å². The molecule has 0 spiro atoms. The number of thioether (sulfide) groups is 1. The Kier molecular flexibility index (Phi) is 17.1. The third-order valence-corrected chi connectivity index (χ3v) is 4.76. The molecule has 0 atom stereocenters. The van der Waals surface area contributed by atoms with Gasteiger partial charge in [0.25, 0.3) is 0 Å². The lowest BCUT2D eigenvalue weighted by atomic mass is 10.1. The molecule has 0 aromatic heterocycles. The van der Waals surface area contributed by atoms with Crippen molar-refractivity contribution < 1.29 is 4.79 Å². The zero-order valence-electron chi connectivity index (χ0n) is 13.9. The standard InChI is InChI=1S/C18H36OS/c1-3-5-7-9-11-13-15-17-20-18(19)16-14-12-10-8-6-4-2/h3-17H2,1-2H3. The van der Waals surface area contributed by atoms with Crippen molar-refractivity contribution in [2.75, 3.05) is 5.75 Å². The van der Waals surface area contributed by atoms with E-state index in [1.54, 1.807) is 11.8 Å². The maximum atomic E-state index is 11.7. The van der Waals surface area contributed by atoms with Crippen LogP contribution in [0.15, 0.2) is 0 Å². The second-order valence-electron chi connectivity index (χ2n) is 5.86. The normalized spacial score (nSPS) is 10.9. The van der Waals surface area contributed by atoms with Gasteiger partial charge in [-0.25, -0.2) is 0 Å². The Morgan fingerprint density at radius 2 is 1.10 bits per heavy atom. The first kappa shape index (κ1) is 20.0. The highest BCUT2D eigenvalue weighted by Crippen LogP contribution is 2.15. The number of hydrogen-bond acceptors (Lipinski definition) is 2. The van der Waals surface area contributed by atoms with Gasteiger partial charge >= 0.3 is 0 Å². The Hall–Kier alpha value is 0.0200. The van der Waals surface area contributed by atoms with Crippen molar-refractivity contribution in [1.82, 2.24) is 0 Å². The first-order chi connectivity index (χ1) is 9.81. The van der Waals surface area contributed by atoms with Crippen molar-refractivity contribution >= 4 is 16.9 Å². The van der Waals surface area contributed by atoms with Crippen LogP contribution >= 0.6 is 11.8 Å². The van der Waals surface area contributed by atoms with E-state index in [-0.39, 0.29) is 0 Å². The van der Waals surface area contributed by atoms with Crippen molar-refractivity contribution in [2.24, 2.45) is 0 Å². The largest absolute Gasteiger partial charge is 0.287 e. The van der Waals surface area contributed by atoms with E-state index in [0.717, 1.165) is 18.6 Å². The van der Waals surface area contributed by atoms with Gasteiger partial charge in [0.05, 0.1) is 0 Å². The summed E-state index contributed by atoms with van der Waals surface area (Å²) >= 11 is 1.57. The fourth-order valence-corrected chi connectivity index (χ4v) is 3.23. The molecule has 0 amide bonds. The van der Waals surface area contributed by atoms with Gasteiger partial charge in [-0.05, 0) is 12.8 Å². The molecule has 0 aliphatic rings. The van der Waals surface area contributed by atoms with Gasteiger partial charge in [0, 0.05) is 12.2 Å². The van der Waals surface area contributed by atoms with Gasteiger partial charge in [-0.2, -0.15) is 0 Å². The lowest BCUT2D eigenvalue weighted by Crippen LogP contribution is -1.94. The highest BCUT2D eigenvalue weighted by Gasteiger charge is 2.02. The molecule has 20 heavy (non-hydrogen) atoms. The van der Waals surface area contributed by atoms with Crippen LogP contribution in [0.25, 0.3) is 0 Å². The molecule has 0 rings (SSSR count). The summed E-state index contributed by atoms with van der Waals surface area (Å²) < 4.78 is 0. The summed E-state index contributed by atoms with van der Waals surface area (Å²) in [5.74, 6) is 1.04. The molecule has 0 saturated carbocycles. The number of carbonyl (C=O) groups is 1. The van der Waals surface area contributed by atoms with Crippen LogP contribution < -0.4 is 0 Å². The highest BCUT2D eigenvalue weighted by atomic mass is 32.2. The summed E-state index contributed by atoms with van der Waals surface area (Å²) in [6, 6.07) is 0. The summed E-state index contributed by atoms with van der Waals surface area (Å²) in [7, 11) is 0. The maximum absolute atomic E-state index is 11.7. The van der Waals surface area contributed by atoms with E-state index >= 15 is 0 Å². The van der Waals surface area contributed by atoms with Gasteiger partial charge in [-0.1, -0.05) is 96.2 Å². The molecule has 0 aliphatic heterocycles. The van der Waals surface area contributed by atoms with Crippen LogP contribution in [0.4, 0.5) is 0 Å². The molecule has 0 aliphatic carbocycles. The minimum atomic E-state index is 0.423. The molecular formula is C18H36OS. The molecule has 0 heterocycles. The number of unbranched alkanes of at least 4 members (excludes halogenated alkanes) is 11. The van der Waals surface area contributed by atoms with Crippen molar-refractivity contribution in [2.45, 2.75) is 104 Å². The third-order valence-electron chi connectivity index (χ3n) is 3.75. The highest BCUT2D eigenvalue weighted by molar-refractivity contribution is 8.13. The first-order valence-electron chi connectivity index (χ1n) is 8.96. The van der Waals surface area contributed by atoms with Crippen LogP contribution in [0, 0.1) is 0 Å². The number of hydrogen-bond donors (Lipinski definition) is 0. The maximum Gasteiger partial charge on any atom is 0.188 e. The van der Waals surface area contributed by atoms with Crippen molar-refractivity contribution in [3.05, 3.63) is 0 Å². The zero-order chi connectivity index (χ0) is 14.9. The quantitative estimate of drug-likeness (QED) is 0.311. The summed E-state index contributed by atoms with van der Waals surface area (Å²) in [6.45, 7) is 4.50. The Labute approximate surface area is 131 Å². The molecule has 1 nitrogen and oxygen atoms in total. The Bertz CT molecular complexity index is 204. The van der Waals surface area contributed by atoms with Crippen molar-refractivity contribution in [3.8, 4) is 0 Å². The van der Waals surface area contributed by atoms with E-state index in [9.17, 15) is 4.79 Å². The summed E-state index contributed by atoms with van der Waals surface area (Å²) in [4.78, 5) is 11.7. The van der Waals surface area contributed by atoms with Crippen LogP contribution in [-0.4, -0.2) is 10.9 Å². The minimum Gasteiger partial charge on any atom is -0.287 e. The third kappa shape index (κ3) is 16.1. The van der Waals surface area contributed by atoms with E-state index in [4.69, 9.17) is 0 Å². The van der Waals surface area contributed by atoms with Gasteiger partial charge in [0.15, 0.2) is 5.12 Å². The molecule has 0 aromatic carbocycles. The fourth-order valence-electron chi connectivity index (χ4n) is 2.37. The summed E-state index contributed by atoms with van der Waals surface area (Å²) in [6.07, 6.45) is 17.8. The van der Waals surface area contributed by atoms with Gasteiger partial charge in [-0.15, -0.1) is 0 Å². The number of carbonyl (C=O) groups excluding carboxylic acids is 1. The van der Waals surface area contributed by atoms with Gasteiger partial charge in [0.2, 0.25) is 0 Å². The Morgan fingerprint density at radius 3 is 1.65 bits per heavy atom. The molecule has 0 aromatic rings. The van der Waals surface area contributed by atoms with Gasteiger partial charge < -0.3 is 0 Å². The van der Waals surface area contributed by atoms with E-state index in [0.29, 0.717) is 5.12 Å². The molecular weight excluding hydrogens is 264 g/mol. The van der Waals surface area contributed by atoms with E-state index in [1.807, 2.05) is 0 Å². The second-order valence-corrected chi connectivity index (χ2v) is 7.01. The van der Waals surface area contributed by atoms with E-state index in [1.165, 1.54) is 77.0 Å². The predicted octanol–water partition coefficient (Wildman–Crippen LogP) is 6.75. The lowest BCUT2D eigenvalue weighted by molar-refractivity contribution is -0.111. The first-order valence-corrected chi connectivity index (χ1v) is 9.95. The number of rotatable bonds is 15. The van der Waals surface area contributed by atoms with E-state index in [2.05, 4.69) is 13.8 Å². The Balaban J connectivity index is 3.12. The van der Waals surface area contributed by atoms with Crippen molar-refractivity contribution in [1.29, 1.82) is 0 Å². The average Bonchev–Trinajstić information content (AvgIpc) is 2.45. The molecule has 0 N–H and O–H groups in total. The van der Waals surface area contributed by atoms with Gasteiger partial charge in [0.1, 0.15) is 0 Å². The fraction of sp³-hybridized carbons (Fsp3) is 0.944. The van der Waals surface area contributed by atoms with Crippen LogP contribution in [-0.2, 0) is 4.79 Å². The van der Waals surface area contributed by atoms with Crippen LogP contribution in [0.5, 0.6) is 0 Å². The monoisotopic (exact) mass is 300 g/mol. The topological polar surface area (TPSA) is 17.1 Å². The molecule has 0 fully saturated rings. The predicted molar refractivity (Wildman–Crippen MR) is 93.5 cm³/mol. The van der Waals surface area contributed by atoms with Crippen LogP contribution in [0.2, 0.25) is 0 Å². The smallest absolute Gasteiger partial charge is 0.188 e. The summed E-state index contributed by atoms with van der Waals surface area (Å²) in [5.41, 5.74) is 0. The zero-order valence-corrected chi connectivity index (χ0v) is 14.7. The SMILES string of the molecule is CCCCCCCCCSC(=O)CCCCCCCC. The Morgan fingerprint density at radius 1 is 0.650 bits per heavy atom. The molecule has 0 radical (unpaired) electrons. The lowest BCUT2D eigenvalue weighted by Gasteiger charge is -2.02. The van der Waals surface area contributed by atoms with Gasteiger partial charge in [-0.3, -0.25) is 4.79 Å². The minimum absolute atomic E-state index is 0.423.